The zero-order valence-corrected chi connectivity index (χ0v) is 12.9. The first-order chi connectivity index (χ1) is 10.2. The Morgan fingerprint density at radius 3 is 2.95 bits per heavy atom. The number of imidazole rings is 1. The van der Waals surface area contributed by atoms with Crippen molar-refractivity contribution in [2.75, 3.05) is 19.0 Å². The number of aryl methyl sites for hydroxylation is 1. The van der Waals surface area contributed by atoms with Crippen LogP contribution in [0.1, 0.15) is 12.8 Å². The van der Waals surface area contributed by atoms with Crippen molar-refractivity contribution >= 4 is 28.7 Å². The minimum Gasteiger partial charge on any atom is -0.381 e. The van der Waals surface area contributed by atoms with Crippen molar-refractivity contribution in [1.82, 2.24) is 14.9 Å². The van der Waals surface area contributed by atoms with Crippen LogP contribution in [0.2, 0.25) is 0 Å². The van der Waals surface area contributed by atoms with Gasteiger partial charge in [-0.05, 0) is 25.0 Å². The fraction of sp³-hybridized carbons (Fsp3) is 0.467. The van der Waals surface area contributed by atoms with E-state index in [0.29, 0.717) is 5.75 Å². The first-order valence-electron chi connectivity index (χ1n) is 7.15. The molecule has 5 nitrogen and oxygen atoms in total. The molecule has 0 spiro atoms. The fourth-order valence-electron chi connectivity index (χ4n) is 2.49. The molecule has 1 fully saturated rings. The highest BCUT2D eigenvalue weighted by atomic mass is 32.2. The lowest BCUT2D eigenvalue weighted by Crippen LogP contribution is -2.39. The maximum Gasteiger partial charge on any atom is 0.230 e. The van der Waals surface area contributed by atoms with E-state index in [0.717, 1.165) is 42.2 Å². The van der Waals surface area contributed by atoms with Gasteiger partial charge in [0.1, 0.15) is 0 Å². The summed E-state index contributed by atoms with van der Waals surface area (Å²) >= 11 is 1.48. The number of carbonyl (C=O) groups excluding carboxylic acids is 1. The molecule has 2 heterocycles. The van der Waals surface area contributed by atoms with E-state index in [4.69, 9.17) is 4.74 Å². The summed E-state index contributed by atoms with van der Waals surface area (Å²) in [7, 11) is 1.98. The second kappa shape index (κ2) is 6.49. The highest BCUT2D eigenvalue weighted by Crippen LogP contribution is 2.22. The summed E-state index contributed by atoms with van der Waals surface area (Å²) in [5.74, 6) is 0.466. The largest absolute Gasteiger partial charge is 0.381 e. The van der Waals surface area contributed by atoms with E-state index in [1.165, 1.54) is 11.8 Å². The lowest BCUT2D eigenvalue weighted by molar-refractivity contribution is -0.119. The minimum atomic E-state index is 0.0685. The molecule has 1 amide bonds. The van der Waals surface area contributed by atoms with E-state index in [9.17, 15) is 4.79 Å². The summed E-state index contributed by atoms with van der Waals surface area (Å²) in [6.07, 6.45) is 1.81. The van der Waals surface area contributed by atoms with Crippen LogP contribution in [0.15, 0.2) is 29.4 Å². The van der Waals surface area contributed by atoms with Gasteiger partial charge < -0.3 is 14.6 Å². The Hall–Kier alpha value is -1.53. The van der Waals surface area contributed by atoms with Gasteiger partial charge in [0.15, 0.2) is 5.16 Å². The van der Waals surface area contributed by atoms with Crippen LogP contribution in [-0.4, -0.2) is 40.5 Å². The van der Waals surface area contributed by atoms with Gasteiger partial charge in [0.05, 0.1) is 16.8 Å². The molecule has 1 aliphatic heterocycles. The number of ether oxygens (including phenoxy) is 1. The van der Waals surface area contributed by atoms with Crippen LogP contribution in [0.5, 0.6) is 0 Å². The van der Waals surface area contributed by atoms with Crippen molar-refractivity contribution < 1.29 is 9.53 Å². The van der Waals surface area contributed by atoms with Gasteiger partial charge in [0.2, 0.25) is 5.91 Å². The molecule has 0 atom stereocenters. The topological polar surface area (TPSA) is 56.2 Å². The van der Waals surface area contributed by atoms with Crippen molar-refractivity contribution in [3.05, 3.63) is 24.3 Å². The normalized spacial score (nSPS) is 16.2. The van der Waals surface area contributed by atoms with Gasteiger partial charge in [-0.25, -0.2) is 4.98 Å². The molecule has 3 rings (SSSR count). The molecule has 1 aromatic heterocycles. The van der Waals surface area contributed by atoms with Gasteiger partial charge in [-0.15, -0.1) is 0 Å². The Labute approximate surface area is 128 Å². The van der Waals surface area contributed by atoms with Crippen molar-refractivity contribution in [3.63, 3.8) is 0 Å². The van der Waals surface area contributed by atoms with E-state index in [1.807, 2.05) is 35.9 Å². The number of benzene rings is 1. The van der Waals surface area contributed by atoms with Crippen LogP contribution < -0.4 is 5.32 Å². The molecule has 1 saturated heterocycles. The van der Waals surface area contributed by atoms with Gasteiger partial charge in [-0.3, -0.25) is 4.79 Å². The summed E-state index contributed by atoms with van der Waals surface area (Å²) in [6.45, 7) is 1.48. The minimum absolute atomic E-state index is 0.0685. The summed E-state index contributed by atoms with van der Waals surface area (Å²) in [5.41, 5.74) is 2.05. The summed E-state index contributed by atoms with van der Waals surface area (Å²) in [6, 6.07) is 8.25. The molecule has 1 N–H and O–H groups in total. The third kappa shape index (κ3) is 3.39. The molecular weight excluding hydrogens is 286 g/mol. The lowest BCUT2D eigenvalue weighted by atomic mass is 10.1. The van der Waals surface area contributed by atoms with Crippen molar-refractivity contribution in [2.24, 2.45) is 7.05 Å². The molecule has 1 aliphatic rings. The number of amides is 1. The number of hydrogen-bond donors (Lipinski definition) is 1. The molecule has 0 saturated carbocycles. The van der Waals surface area contributed by atoms with E-state index in [1.54, 1.807) is 0 Å². The molecule has 0 aliphatic carbocycles. The van der Waals surface area contributed by atoms with E-state index in [2.05, 4.69) is 10.3 Å². The molecule has 0 bridgehead atoms. The number of aromatic nitrogens is 2. The van der Waals surface area contributed by atoms with E-state index >= 15 is 0 Å². The second-order valence-electron chi connectivity index (χ2n) is 5.18. The lowest BCUT2D eigenvalue weighted by Gasteiger charge is -2.22. The monoisotopic (exact) mass is 305 g/mol. The van der Waals surface area contributed by atoms with Gasteiger partial charge >= 0.3 is 0 Å². The molecule has 21 heavy (non-hydrogen) atoms. The Bertz CT molecular complexity index is 635. The van der Waals surface area contributed by atoms with Gasteiger partial charge in [-0.2, -0.15) is 0 Å². The molecule has 6 heteroatoms. The highest BCUT2D eigenvalue weighted by molar-refractivity contribution is 7.99. The third-order valence-corrected chi connectivity index (χ3v) is 4.69. The fourth-order valence-corrected chi connectivity index (χ4v) is 3.29. The maximum absolute atomic E-state index is 12.0. The Balaban J connectivity index is 1.58. The standard InChI is InChI=1S/C15H19N3O2S/c1-18-13-5-3-2-4-12(13)17-15(18)21-10-14(19)16-11-6-8-20-9-7-11/h2-5,11H,6-10H2,1H3,(H,16,19). The Morgan fingerprint density at radius 2 is 2.19 bits per heavy atom. The molecule has 2 aromatic rings. The molecular formula is C15H19N3O2S. The number of rotatable bonds is 4. The predicted molar refractivity (Wildman–Crippen MR) is 83.4 cm³/mol. The number of carbonyl (C=O) groups is 1. The van der Waals surface area contributed by atoms with E-state index < -0.39 is 0 Å². The number of para-hydroxylation sites is 2. The summed E-state index contributed by atoms with van der Waals surface area (Å²) in [5, 5.41) is 3.94. The number of nitrogens with zero attached hydrogens (tertiary/aromatic N) is 2. The van der Waals surface area contributed by atoms with Crippen molar-refractivity contribution in [2.45, 2.75) is 24.0 Å². The molecule has 1 aromatic carbocycles. The van der Waals surface area contributed by atoms with Gasteiger partial charge in [0, 0.05) is 26.3 Å². The SMILES string of the molecule is Cn1c(SCC(=O)NC2CCOCC2)nc2ccccc21. The Morgan fingerprint density at radius 1 is 1.43 bits per heavy atom. The van der Waals surface area contributed by atoms with Crippen LogP contribution in [0.3, 0.4) is 0 Å². The van der Waals surface area contributed by atoms with Crippen LogP contribution in [0.4, 0.5) is 0 Å². The van der Waals surface area contributed by atoms with Crippen molar-refractivity contribution in [1.29, 1.82) is 0 Å². The number of thioether (sulfide) groups is 1. The van der Waals surface area contributed by atoms with Crippen molar-refractivity contribution in [3.8, 4) is 0 Å². The van der Waals surface area contributed by atoms with Gasteiger partial charge in [-0.1, -0.05) is 23.9 Å². The quantitative estimate of drug-likeness (QED) is 0.877. The van der Waals surface area contributed by atoms with Crippen LogP contribution in [0, 0.1) is 0 Å². The maximum atomic E-state index is 12.0. The zero-order valence-electron chi connectivity index (χ0n) is 12.0. The number of nitrogens with one attached hydrogen (secondary N) is 1. The van der Waals surface area contributed by atoms with Gasteiger partial charge in [0.25, 0.3) is 0 Å². The number of fused-ring (bicyclic) bond motifs is 1. The first-order valence-corrected chi connectivity index (χ1v) is 8.14. The summed E-state index contributed by atoms with van der Waals surface area (Å²) < 4.78 is 7.32. The zero-order chi connectivity index (χ0) is 14.7. The highest BCUT2D eigenvalue weighted by Gasteiger charge is 2.17. The molecule has 0 unspecified atom stereocenters. The predicted octanol–water partition coefficient (Wildman–Crippen LogP) is 1.96. The molecule has 112 valence electrons. The first kappa shape index (κ1) is 14.4. The average Bonchev–Trinajstić information content (AvgIpc) is 2.83. The Kier molecular flexibility index (Phi) is 4.45. The smallest absolute Gasteiger partial charge is 0.230 e. The average molecular weight is 305 g/mol. The van der Waals surface area contributed by atoms with Crippen LogP contribution in [0.25, 0.3) is 11.0 Å². The second-order valence-corrected chi connectivity index (χ2v) is 6.13. The van der Waals surface area contributed by atoms with Crippen LogP contribution >= 0.6 is 11.8 Å². The van der Waals surface area contributed by atoms with Crippen LogP contribution in [-0.2, 0) is 16.6 Å². The van der Waals surface area contributed by atoms with E-state index in [-0.39, 0.29) is 11.9 Å². The molecule has 0 radical (unpaired) electrons. The third-order valence-electron chi connectivity index (χ3n) is 3.66. The number of hydrogen-bond acceptors (Lipinski definition) is 4. The summed E-state index contributed by atoms with van der Waals surface area (Å²) in [4.78, 5) is 16.6.